The first-order chi connectivity index (χ1) is 19.7. The molecule has 41 heavy (non-hydrogen) atoms. The number of aliphatic hydroxyl groups is 2. The maximum atomic E-state index is 14.2. The minimum Gasteiger partial charge on any atom is -0.464 e. The normalized spacial score (nSPS) is 20.7. The summed E-state index contributed by atoms with van der Waals surface area (Å²) >= 11 is 1.28. The molecule has 0 aliphatic carbocycles. The van der Waals surface area contributed by atoms with E-state index in [-0.39, 0.29) is 42.3 Å². The molecule has 1 amide bonds. The van der Waals surface area contributed by atoms with Crippen LogP contribution < -0.4 is 5.56 Å². The predicted molar refractivity (Wildman–Crippen MR) is 160 cm³/mol. The van der Waals surface area contributed by atoms with Crippen LogP contribution in [-0.2, 0) is 33.7 Å². The van der Waals surface area contributed by atoms with Crippen molar-refractivity contribution in [3.63, 3.8) is 0 Å². The largest absolute Gasteiger partial charge is 0.464 e. The molecule has 2 N–H and O–H groups in total. The van der Waals surface area contributed by atoms with Crippen molar-refractivity contribution in [2.24, 2.45) is 11.8 Å². The molecular formula is C32H34N2O6S. The van der Waals surface area contributed by atoms with Gasteiger partial charge in [-0.1, -0.05) is 74.1 Å². The van der Waals surface area contributed by atoms with Crippen molar-refractivity contribution in [2.75, 3.05) is 13.7 Å². The van der Waals surface area contributed by atoms with Gasteiger partial charge in [0.15, 0.2) is 0 Å². The van der Waals surface area contributed by atoms with Crippen molar-refractivity contribution in [3.05, 3.63) is 92.9 Å². The van der Waals surface area contributed by atoms with Crippen LogP contribution in [0.5, 0.6) is 0 Å². The second-order valence-electron chi connectivity index (χ2n) is 10.6. The molecule has 4 atom stereocenters. The highest BCUT2D eigenvalue weighted by Gasteiger charge is 2.60. The molecule has 0 radical (unpaired) electrons. The number of methoxy groups -OCH3 is 1. The molecule has 2 aromatic carbocycles. The summed E-state index contributed by atoms with van der Waals surface area (Å²) in [6.07, 6.45) is 3.43. The average molecular weight is 575 g/mol. The fourth-order valence-corrected chi connectivity index (χ4v) is 7.69. The molecule has 214 valence electrons. The standard InChI is InChI=1S/C32H34N2O6S/c1-6-20-21(7-2)29-26(23(22(20)13-14-35)15-19-11-9-8-10-12-19)30(37)33(41-29)16-24-17(3)27-25(18(4)36)31(38)34(27)28(24)32(39)40-5/h6-12,17-18,25,27,35-36H,1-2,13-16H2,3-5H3/t17-,18+,25+,27?/m0/s1. The second kappa shape index (κ2) is 11.2. The first kappa shape index (κ1) is 28.7. The zero-order valence-electron chi connectivity index (χ0n) is 23.4. The number of hydrogen-bond acceptors (Lipinski definition) is 7. The van der Waals surface area contributed by atoms with E-state index in [2.05, 4.69) is 13.2 Å². The Bertz CT molecular complexity index is 1650. The van der Waals surface area contributed by atoms with Gasteiger partial charge >= 0.3 is 5.97 Å². The molecule has 0 saturated carbocycles. The Hall–Kier alpha value is -3.79. The highest BCUT2D eigenvalue weighted by molar-refractivity contribution is 7.14. The zero-order chi connectivity index (χ0) is 29.6. The monoisotopic (exact) mass is 574 g/mol. The fourth-order valence-electron chi connectivity index (χ4n) is 6.49. The summed E-state index contributed by atoms with van der Waals surface area (Å²) in [5.74, 6) is -1.85. The highest BCUT2D eigenvalue weighted by Crippen LogP contribution is 2.48. The third kappa shape index (κ3) is 4.48. The van der Waals surface area contributed by atoms with Crippen molar-refractivity contribution in [2.45, 2.75) is 45.4 Å². The van der Waals surface area contributed by atoms with Crippen LogP contribution in [0, 0.1) is 11.8 Å². The molecule has 0 bridgehead atoms. The minimum atomic E-state index is -0.866. The van der Waals surface area contributed by atoms with Gasteiger partial charge in [0, 0.05) is 18.1 Å². The molecule has 1 unspecified atom stereocenters. The van der Waals surface area contributed by atoms with E-state index in [1.54, 1.807) is 23.0 Å². The molecule has 8 nitrogen and oxygen atoms in total. The van der Waals surface area contributed by atoms with Gasteiger partial charge in [-0.3, -0.25) is 13.5 Å². The van der Waals surface area contributed by atoms with Gasteiger partial charge in [0.25, 0.3) is 5.56 Å². The molecule has 0 spiro atoms. The van der Waals surface area contributed by atoms with E-state index in [9.17, 15) is 24.6 Å². The van der Waals surface area contributed by atoms with Gasteiger partial charge in [-0.05, 0) is 47.6 Å². The average Bonchev–Trinajstić information content (AvgIpc) is 3.40. The predicted octanol–water partition coefficient (Wildman–Crippen LogP) is 3.76. The molecule has 5 rings (SSSR count). The van der Waals surface area contributed by atoms with Crippen molar-refractivity contribution in [1.82, 2.24) is 8.86 Å². The van der Waals surface area contributed by atoms with Gasteiger partial charge in [-0.2, -0.15) is 0 Å². The summed E-state index contributed by atoms with van der Waals surface area (Å²) in [6.45, 7) is 11.5. The third-order valence-electron chi connectivity index (χ3n) is 8.40. The smallest absolute Gasteiger partial charge is 0.354 e. The van der Waals surface area contributed by atoms with Gasteiger partial charge in [0.2, 0.25) is 5.91 Å². The number of β-lactam (4-membered cyclic amide) rings is 1. The minimum absolute atomic E-state index is 0.0916. The second-order valence-corrected chi connectivity index (χ2v) is 11.6. The van der Waals surface area contributed by atoms with Crippen LogP contribution >= 0.6 is 11.5 Å². The number of nitrogens with zero attached hydrogens (tertiary/aromatic N) is 2. The number of aromatic nitrogens is 1. The van der Waals surface area contributed by atoms with Gasteiger partial charge in [-0.25, -0.2) is 4.79 Å². The molecule has 3 aromatic rings. The van der Waals surface area contributed by atoms with Gasteiger partial charge in [-0.15, -0.1) is 0 Å². The van der Waals surface area contributed by atoms with Crippen molar-refractivity contribution < 1.29 is 24.5 Å². The summed E-state index contributed by atoms with van der Waals surface area (Å²) in [7, 11) is 1.26. The molecule has 9 heteroatoms. The first-order valence-corrected chi connectivity index (χ1v) is 14.4. The van der Waals surface area contributed by atoms with Crippen molar-refractivity contribution in [1.29, 1.82) is 0 Å². The van der Waals surface area contributed by atoms with Crippen LogP contribution in [0.2, 0.25) is 0 Å². The number of rotatable bonds is 10. The number of aliphatic hydroxyl groups excluding tert-OH is 2. The van der Waals surface area contributed by atoms with E-state index < -0.39 is 18.0 Å². The molecule has 2 aliphatic rings. The number of ether oxygens (including phenoxy) is 1. The number of carbonyl (C=O) groups is 2. The van der Waals surface area contributed by atoms with E-state index in [4.69, 9.17) is 4.74 Å². The molecule has 2 aliphatic heterocycles. The van der Waals surface area contributed by atoms with Crippen molar-refractivity contribution in [3.8, 4) is 0 Å². The van der Waals surface area contributed by atoms with Crippen molar-refractivity contribution >= 4 is 45.6 Å². The summed E-state index contributed by atoms with van der Waals surface area (Å²) in [6, 6.07) is 9.46. The first-order valence-electron chi connectivity index (χ1n) is 13.6. The van der Waals surface area contributed by atoms with Crippen LogP contribution in [0.1, 0.15) is 41.7 Å². The van der Waals surface area contributed by atoms with Crippen LogP contribution in [0.15, 0.2) is 59.6 Å². The lowest BCUT2D eigenvalue weighted by molar-refractivity contribution is -0.163. The Kier molecular flexibility index (Phi) is 7.87. The molecule has 3 heterocycles. The van der Waals surface area contributed by atoms with Crippen LogP contribution in [-0.4, -0.2) is 56.8 Å². The number of carbonyl (C=O) groups excluding carboxylic acids is 2. The maximum absolute atomic E-state index is 14.2. The van der Waals surface area contributed by atoms with E-state index >= 15 is 0 Å². The fraction of sp³-hybridized carbons (Fsp3) is 0.344. The van der Waals surface area contributed by atoms with Crippen LogP contribution in [0.3, 0.4) is 0 Å². The lowest BCUT2D eigenvalue weighted by Gasteiger charge is -2.46. The molecule has 1 saturated heterocycles. The number of benzene rings is 2. The molecule has 1 fully saturated rings. The Morgan fingerprint density at radius 1 is 1.15 bits per heavy atom. The van der Waals surface area contributed by atoms with Crippen LogP contribution in [0.4, 0.5) is 0 Å². The van der Waals surface area contributed by atoms with E-state index in [1.165, 1.54) is 23.5 Å². The molecular weight excluding hydrogens is 540 g/mol. The highest BCUT2D eigenvalue weighted by atomic mass is 32.1. The summed E-state index contributed by atoms with van der Waals surface area (Å²) in [5, 5.41) is 20.8. The number of fused-ring (bicyclic) bond motifs is 2. The lowest BCUT2D eigenvalue weighted by atomic mass is 9.78. The number of hydrogen-bond donors (Lipinski definition) is 2. The third-order valence-corrected chi connectivity index (χ3v) is 9.52. The Balaban J connectivity index is 1.72. The zero-order valence-corrected chi connectivity index (χ0v) is 24.2. The Morgan fingerprint density at radius 2 is 1.83 bits per heavy atom. The maximum Gasteiger partial charge on any atom is 0.354 e. The van der Waals surface area contributed by atoms with E-state index in [1.807, 2.05) is 37.3 Å². The SMILES string of the molecule is C=Cc1c(CCO)c(Cc2ccccc2)c2c(=O)n(CC3=C(C(=O)OC)N4C(=O)[C@H]([C@@H](C)O)C4[C@H]3C)sc2c1C=C. The topological polar surface area (TPSA) is 109 Å². The number of esters is 1. The Labute approximate surface area is 242 Å². The van der Waals surface area contributed by atoms with E-state index in [0.717, 1.165) is 32.5 Å². The van der Waals surface area contributed by atoms with Gasteiger partial charge in [0.05, 0.1) is 41.8 Å². The quantitative estimate of drug-likeness (QED) is 0.282. The summed E-state index contributed by atoms with van der Waals surface area (Å²) in [4.78, 5) is 41.5. The summed E-state index contributed by atoms with van der Waals surface area (Å²) < 4.78 is 7.41. The number of amides is 1. The van der Waals surface area contributed by atoms with Gasteiger partial charge < -0.3 is 19.8 Å². The van der Waals surface area contributed by atoms with Crippen LogP contribution in [0.25, 0.3) is 22.2 Å². The molecule has 1 aromatic heterocycles. The Morgan fingerprint density at radius 3 is 2.41 bits per heavy atom. The van der Waals surface area contributed by atoms with Gasteiger partial charge in [0.1, 0.15) is 5.70 Å². The lowest BCUT2D eigenvalue weighted by Crippen LogP contribution is -2.63. The summed E-state index contributed by atoms with van der Waals surface area (Å²) in [5.41, 5.74) is 4.87. The van der Waals surface area contributed by atoms with E-state index in [0.29, 0.717) is 23.8 Å².